The van der Waals surface area contributed by atoms with Crippen LogP contribution in [0.2, 0.25) is 0 Å². The minimum absolute atomic E-state index is 0.0309. The first kappa shape index (κ1) is 11.6. The van der Waals surface area contributed by atoms with Gasteiger partial charge in [-0.05, 0) is 26.9 Å². The van der Waals surface area contributed by atoms with Gasteiger partial charge in [0.1, 0.15) is 18.7 Å². The predicted octanol–water partition coefficient (Wildman–Crippen LogP) is -0.435. The summed E-state index contributed by atoms with van der Waals surface area (Å²) in [5, 5.41) is 9.77. The van der Waals surface area contributed by atoms with E-state index in [1.165, 1.54) is 17.3 Å². The highest BCUT2D eigenvalue weighted by molar-refractivity contribution is 5.79. The minimum atomic E-state index is -0.304. The monoisotopic (exact) mass is 211 g/mol. The van der Waals surface area contributed by atoms with Crippen LogP contribution in [0.1, 0.15) is 19.4 Å². The Morgan fingerprint density at radius 1 is 1.53 bits per heavy atom. The van der Waals surface area contributed by atoms with Crippen molar-refractivity contribution in [3.05, 3.63) is 12.7 Å². The average molecular weight is 211 g/mol. The zero-order chi connectivity index (χ0) is 11.1. The fourth-order valence-electron chi connectivity index (χ4n) is 1.16. The number of hydrogen-bond donors (Lipinski definition) is 2. The van der Waals surface area contributed by atoms with E-state index in [0.717, 1.165) is 13.0 Å². The molecular formula is C9H17N5O. The normalized spacial score (nSPS) is 12.4. The standard InChI is InChI=1S/C9H17N5O/c1-8(14-7-11-6-13-14)9(15)12-5-3-4-10-2/h6-8,10H,3-5H2,1-2H3,(H,12,15). The van der Waals surface area contributed by atoms with E-state index in [-0.39, 0.29) is 11.9 Å². The lowest BCUT2D eigenvalue weighted by Crippen LogP contribution is -2.32. The van der Waals surface area contributed by atoms with E-state index in [0.29, 0.717) is 6.54 Å². The number of carbonyl (C=O) groups excluding carboxylic acids is 1. The van der Waals surface area contributed by atoms with Gasteiger partial charge in [-0.15, -0.1) is 0 Å². The number of nitrogens with zero attached hydrogens (tertiary/aromatic N) is 3. The van der Waals surface area contributed by atoms with Gasteiger partial charge in [0.05, 0.1) is 0 Å². The van der Waals surface area contributed by atoms with E-state index >= 15 is 0 Å². The van der Waals surface area contributed by atoms with Crippen molar-refractivity contribution in [1.82, 2.24) is 25.4 Å². The maximum absolute atomic E-state index is 11.6. The maximum Gasteiger partial charge on any atom is 0.244 e. The Morgan fingerprint density at radius 2 is 2.33 bits per heavy atom. The second-order valence-electron chi connectivity index (χ2n) is 3.30. The highest BCUT2D eigenvalue weighted by Crippen LogP contribution is 2.00. The molecule has 1 unspecified atom stereocenters. The molecule has 2 N–H and O–H groups in total. The summed E-state index contributed by atoms with van der Waals surface area (Å²) in [4.78, 5) is 15.4. The smallest absolute Gasteiger partial charge is 0.244 e. The third-order valence-corrected chi connectivity index (χ3v) is 2.12. The van der Waals surface area contributed by atoms with Gasteiger partial charge in [0.15, 0.2) is 0 Å². The first-order chi connectivity index (χ1) is 7.25. The number of nitrogens with one attached hydrogen (secondary N) is 2. The Balaban J connectivity index is 2.28. The minimum Gasteiger partial charge on any atom is -0.354 e. The van der Waals surface area contributed by atoms with Crippen molar-refractivity contribution in [1.29, 1.82) is 0 Å². The molecular weight excluding hydrogens is 194 g/mol. The van der Waals surface area contributed by atoms with Crippen molar-refractivity contribution in [3.8, 4) is 0 Å². The van der Waals surface area contributed by atoms with E-state index in [1.54, 1.807) is 6.92 Å². The quantitative estimate of drug-likeness (QED) is 0.626. The van der Waals surface area contributed by atoms with Gasteiger partial charge in [0.25, 0.3) is 0 Å². The van der Waals surface area contributed by atoms with Gasteiger partial charge in [-0.2, -0.15) is 5.10 Å². The van der Waals surface area contributed by atoms with E-state index < -0.39 is 0 Å². The van der Waals surface area contributed by atoms with Crippen LogP contribution in [0.25, 0.3) is 0 Å². The van der Waals surface area contributed by atoms with E-state index in [4.69, 9.17) is 0 Å². The molecule has 1 amide bonds. The molecule has 1 aromatic rings. The SMILES string of the molecule is CNCCCNC(=O)C(C)n1cncn1. The van der Waals surface area contributed by atoms with Crippen molar-refractivity contribution in [2.75, 3.05) is 20.1 Å². The van der Waals surface area contributed by atoms with Crippen LogP contribution in [-0.4, -0.2) is 40.8 Å². The second-order valence-corrected chi connectivity index (χ2v) is 3.30. The van der Waals surface area contributed by atoms with Gasteiger partial charge in [0.2, 0.25) is 5.91 Å². The van der Waals surface area contributed by atoms with Gasteiger partial charge in [0, 0.05) is 6.54 Å². The third kappa shape index (κ3) is 3.67. The van der Waals surface area contributed by atoms with E-state index in [1.807, 2.05) is 7.05 Å². The van der Waals surface area contributed by atoms with Crippen LogP contribution in [-0.2, 0) is 4.79 Å². The fraction of sp³-hybridized carbons (Fsp3) is 0.667. The molecule has 6 nitrogen and oxygen atoms in total. The summed E-state index contributed by atoms with van der Waals surface area (Å²) in [5.74, 6) is -0.0309. The lowest BCUT2D eigenvalue weighted by atomic mass is 10.3. The Hall–Kier alpha value is -1.43. The van der Waals surface area contributed by atoms with Crippen molar-refractivity contribution in [2.24, 2.45) is 0 Å². The lowest BCUT2D eigenvalue weighted by Gasteiger charge is -2.11. The molecule has 0 aliphatic heterocycles. The van der Waals surface area contributed by atoms with Crippen LogP contribution in [0.15, 0.2) is 12.7 Å². The van der Waals surface area contributed by atoms with E-state index in [9.17, 15) is 4.79 Å². The maximum atomic E-state index is 11.6. The Bertz CT molecular complexity index is 285. The first-order valence-electron chi connectivity index (χ1n) is 5.02. The van der Waals surface area contributed by atoms with Gasteiger partial charge < -0.3 is 10.6 Å². The summed E-state index contributed by atoms with van der Waals surface area (Å²) in [5.41, 5.74) is 0. The Labute approximate surface area is 89.1 Å². The number of amides is 1. The zero-order valence-corrected chi connectivity index (χ0v) is 9.10. The highest BCUT2D eigenvalue weighted by atomic mass is 16.2. The molecule has 0 radical (unpaired) electrons. The lowest BCUT2D eigenvalue weighted by molar-refractivity contribution is -0.124. The molecule has 0 aromatic carbocycles. The molecule has 0 saturated heterocycles. The molecule has 15 heavy (non-hydrogen) atoms. The van der Waals surface area contributed by atoms with Crippen molar-refractivity contribution in [3.63, 3.8) is 0 Å². The van der Waals surface area contributed by atoms with Crippen LogP contribution in [0.3, 0.4) is 0 Å². The fourth-order valence-corrected chi connectivity index (χ4v) is 1.16. The molecule has 0 aliphatic carbocycles. The Kier molecular flexibility index (Phi) is 4.76. The summed E-state index contributed by atoms with van der Waals surface area (Å²) in [6.07, 6.45) is 3.88. The van der Waals surface area contributed by atoms with Crippen LogP contribution >= 0.6 is 0 Å². The summed E-state index contributed by atoms with van der Waals surface area (Å²) in [6, 6.07) is -0.304. The summed E-state index contributed by atoms with van der Waals surface area (Å²) in [7, 11) is 1.89. The van der Waals surface area contributed by atoms with Crippen LogP contribution in [0.5, 0.6) is 0 Å². The molecule has 0 bridgehead atoms. The molecule has 1 atom stereocenters. The summed E-state index contributed by atoms with van der Waals surface area (Å²) in [6.45, 7) is 3.37. The molecule has 1 rings (SSSR count). The number of carbonyl (C=O) groups is 1. The molecule has 0 saturated carbocycles. The molecule has 1 heterocycles. The number of aromatic nitrogens is 3. The van der Waals surface area contributed by atoms with Crippen LogP contribution in [0.4, 0.5) is 0 Å². The van der Waals surface area contributed by atoms with Crippen LogP contribution in [0, 0.1) is 0 Å². The Morgan fingerprint density at radius 3 is 2.93 bits per heavy atom. The second kappa shape index (κ2) is 6.13. The predicted molar refractivity (Wildman–Crippen MR) is 56.3 cm³/mol. The highest BCUT2D eigenvalue weighted by Gasteiger charge is 2.13. The van der Waals surface area contributed by atoms with Gasteiger partial charge in [-0.3, -0.25) is 4.79 Å². The van der Waals surface area contributed by atoms with Gasteiger partial charge in [-0.1, -0.05) is 0 Å². The summed E-state index contributed by atoms with van der Waals surface area (Å²) >= 11 is 0. The van der Waals surface area contributed by atoms with Gasteiger partial charge in [-0.25, -0.2) is 9.67 Å². The topological polar surface area (TPSA) is 71.8 Å². The third-order valence-electron chi connectivity index (χ3n) is 2.12. The van der Waals surface area contributed by atoms with Crippen molar-refractivity contribution in [2.45, 2.75) is 19.4 Å². The first-order valence-corrected chi connectivity index (χ1v) is 5.02. The average Bonchev–Trinajstić information content (AvgIpc) is 2.76. The molecule has 0 spiro atoms. The summed E-state index contributed by atoms with van der Waals surface area (Å²) < 4.78 is 1.54. The molecule has 0 fully saturated rings. The van der Waals surface area contributed by atoms with Crippen LogP contribution < -0.4 is 10.6 Å². The van der Waals surface area contributed by atoms with E-state index in [2.05, 4.69) is 20.7 Å². The van der Waals surface area contributed by atoms with Crippen molar-refractivity contribution < 1.29 is 4.79 Å². The zero-order valence-electron chi connectivity index (χ0n) is 9.10. The number of hydrogen-bond acceptors (Lipinski definition) is 4. The molecule has 84 valence electrons. The molecule has 1 aromatic heterocycles. The largest absolute Gasteiger partial charge is 0.354 e. The van der Waals surface area contributed by atoms with Gasteiger partial charge >= 0.3 is 0 Å². The molecule has 0 aliphatic rings. The number of rotatable bonds is 6. The van der Waals surface area contributed by atoms with Crippen molar-refractivity contribution >= 4 is 5.91 Å². The molecule has 6 heteroatoms.